The van der Waals surface area contributed by atoms with Crippen molar-refractivity contribution in [1.82, 2.24) is 9.97 Å². The van der Waals surface area contributed by atoms with Crippen LogP contribution >= 0.6 is 0 Å². The lowest BCUT2D eigenvalue weighted by atomic mass is 10.2. The van der Waals surface area contributed by atoms with Crippen molar-refractivity contribution in [3.63, 3.8) is 0 Å². The Labute approximate surface area is 120 Å². The quantitative estimate of drug-likeness (QED) is 0.875. The minimum Gasteiger partial charge on any atom is -0.370 e. The van der Waals surface area contributed by atoms with E-state index < -0.39 is 0 Å². The van der Waals surface area contributed by atoms with Crippen LogP contribution in [-0.2, 0) is 6.54 Å². The van der Waals surface area contributed by atoms with E-state index in [1.165, 1.54) is 5.56 Å². The van der Waals surface area contributed by atoms with Crippen molar-refractivity contribution in [3.05, 3.63) is 48.2 Å². The lowest BCUT2D eigenvalue weighted by Crippen LogP contribution is -2.20. The molecule has 0 saturated heterocycles. The van der Waals surface area contributed by atoms with E-state index in [-0.39, 0.29) is 0 Å². The largest absolute Gasteiger partial charge is 0.370 e. The van der Waals surface area contributed by atoms with E-state index in [4.69, 9.17) is 0 Å². The van der Waals surface area contributed by atoms with Crippen molar-refractivity contribution in [1.29, 1.82) is 0 Å². The van der Waals surface area contributed by atoms with Gasteiger partial charge in [0, 0.05) is 26.3 Å². The van der Waals surface area contributed by atoms with Gasteiger partial charge in [-0.3, -0.25) is 0 Å². The molecular formula is C16H22N4. The van der Waals surface area contributed by atoms with Crippen LogP contribution in [0.3, 0.4) is 0 Å². The molecule has 1 aromatic heterocycles. The normalized spacial score (nSPS) is 10.6. The first-order valence-corrected chi connectivity index (χ1v) is 6.97. The molecule has 0 fully saturated rings. The summed E-state index contributed by atoms with van der Waals surface area (Å²) in [6.07, 6.45) is 1.80. The number of benzene rings is 1. The van der Waals surface area contributed by atoms with E-state index in [0.717, 1.165) is 24.9 Å². The fourth-order valence-electron chi connectivity index (χ4n) is 1.87. The average Bonchev–Trinajstić information content (AvgIpc) is 2.46. The predicted octanol–water partition coefficient (Wildman–Crippen LogP) is 3.18. The zero-order valence-electron chi connectivity index (χ0n) is 12.4. The molecule has 2 aromatic rings. The molecule has 1 heterocycles. The molecule has 4 nitrogen and oxygen atoms in total. The number of anilines is 2. The minimum atomic E-state index is 0.593. The molecule has 106 valence electrons. The second-order valence-electron chi connectivity index (χ2n) is 5.36. The summed E-state index contributed by atoms with van der Waals surface area (Å²) in [5.74, 6) is 2.21. The van der Waals surface area contributed by atoms with Gasteiger partial charge >= 0.3 is 0 Å². The van der Waals surface area contributed by atoms with Crippen LogP contribution in [0.1, 0.15) is 19.4 Å². The summed E-state index contributed by atoms with van der Waals surface area (Å²) in [4.78, 5) is 10.9. The number of nitrogens with one attached hydrogen (secondary N) is 1. The first-order chi connectivity index (χ1) is 9.65. The topological polar surface area (TPSA) is 41.1 Å². The molecule has 0 saturated carbocycles. The highest BCUT2D eigenvalue weighted by Crippen LogP contribution is 2.12. The molecular weight excluding hydrogens is 248 g/mol. The Hall–Kier alpha value is -2.10. The summed E-state index contributed by atoms with van der Waals surface area (Å²) >= 11 is 0. The van der Waals surface area contributed by atoms with E-state index in [2.05, 4.69) is 46.2 Å². The third-order valence-electron chi connectivity index (χ3n) is 2.94. The second kappa shape index (κ2) is 6.89. The van der Waals surface area contributed by atoms with Crippen LogP contribution < -0.4 is 10.2 Å². The third-order valence-corrected chi connectivity index (χ3v) is 2.94. The second-order valence-corrected chi connectivity index (χ2v) is 5.36. The smallest absolute Gasteiger partial charge is 0.227 e. The Morgan fingerprint density at radius 3 is 2.60 bits per heavy atom. The molecule has 1 aromatic carbocycles. The summed E-state index contributed by atoms with van der Waals surface area (Å²) in [6.45, 7) is 6.07. The molecule has 0 bridgehead atoms. The first-order valence-electron chi connectivity index (χ1n) is 6.97. The summed E-state index contributed by atoms with van der Waals surface area (Å²) in [6, 6.07) is 12.2. The monoisotopic (exact) mass is 270 g/mol. The maximum absolute atomic E-state index is 4.54. The van der Waals surface area contributed by atoms with E-state index in [0.29, 0.717) is 5.92 Å². The molecule has 0 aliphatic heterocycles. The van der Waals surface area contributed by atoms with Crippen molar-refractivity contribution in [3.8, 4) is 0 Å². The Morgan fingerprint density at radius 1 is 1.15 bits per heavy atom. The number of aromatic nitrogens is 2. The summed E-state index contributed by atoms with van der Waals surface area (Å²) < 4.78 is 0. The van der Waals surface area contributed by atoms with Gasteiger partial charge in [0.2, 0.25) is 5.95 Å². The van der Waals surface area contributed by atoms with E-state index in [1.54, 1.807) is 6.20 Å². The van der Waals surface area contributed by atoms with Crippen molar-refractivity contribution < 1.29 is 0 Å². The summed E-state index contributed by atoms with van der Waals surface area (Å²) in [7, 11) is 2.01. The maximum Gasteiger partial charge on any atom is 0.227 e. The van der Waals surface area contributed by atoms with Gasteiger partial charge in [-0.15, -0.1) is 0 Å². The van der Waals surface area contributed by atoms with Gasteiger partial charge in [0.05, 0.1) is 0 Å². The van der Waals surface area contributed by atoms with Crippen molar-refractivity contribution in [2.45, 2.75) is 20.4 Å². The molecule has 4 heteroatoms. The average molecular weight is 270 g/mol. The Balaban J connectivity index is 2.02. The summed E-state index contributed by atoms with van der Waals surface area (Å²) in [5.41, 5.74) is 1.25. The number of hydrogen-bond acceptors (Lipinski definition) is 4. The molecule has 20 heavy (non-hydrogen) atoms. The van der Waals surface area contributed by atoms with Gasteiger partial charge in [-0.1, -0.05) is 44.2 Å². The molecule has 0 aliphatic carbocycles. The van der Waals surface area contributed by atoms with Gasteiger partial charge in [0.25, 0.3) is 0 Å². The number of hydrogen-bond donors (Lipinski definition) is 1. The van der Waals surface area contributed by atoms with E-state index in [1.807, 2.05) is 31.3 Å². The maximum atomic E-state index is 4.54. The molecule has 0 radical (unpaired) electrons. The molecule has 0 aliphatic rings. The predicted molar refractivity (Wildman–Crippen MR) is 83.9 cm³/mol. The van der Waals surface area contributed by atoms with Crippen molar-refractivity contribution in [2.24, 2.45) is 5.92 Å². The molecule has 0 spiro atoms. The molecule has 0 atom stereocenters. The first kappa shape index (κ1) is 14.3. The molecule has 1 N–H and O–H groups in total. The van der Waals surface area contributed by atoms with Gasteiger partial charge in [0.1, 0.15) is 5.82 Å². The molecule has 2 rings (SSSR count). The Morgan fingerprint density at radius 2 is 1.90 bits per heavy atom. The van der Waals surface area contributed by atoms with Gasteiger partial charge in [0.15, 0.2) is 0 Å². The lowest BCUT2D eigenvalue weighted by molar-refractivity contribution is 0.686. The number of nitrogens with zero attached hydrogens (tertiary/aromatic N) is 3. The lowest BCUT2D eigenvalue weighted by Gasteiger charge is -2.18. The van der Waals surface area contributed by atoms with Gasteiger partial charge in [-0.2, -0.15) is 4.98 Å². The van der Waals surface area contributed by atoms with Crippen molar-refractivity contribution in [2.75, 3.05) is 23.8 Å². The van der Waals surface area contributed by atoms with E-state index >= 15 is 0 Å². The van der Waals surface area contributed by atoms with Gasteiger partial charge in [-0.05, 0) is 17.5 Å². The van der Waals surface area contributed by atoms with Crippen molar-refractivity contribution >= 4 is 11.8 Å². The highest BCUT2D eigenvalue weighted by Gasteiger charge is 2.06. The highest BCUT2D eigenvalue weighted by atomic mass is 15.2. The number of rotatable bonds is 6. The standard InChI is InChI=1S/C16H22N4/c1-13(2)11-18-15-9-10-17-16(19-15)20(3)12-14-7-5-4-6-8-14/h4-10,13H,11-12H2,1-3H3,(H,17,18,19). The Bertz CT molecular complexity index is 525. The molecule has 0 amide bonds. The van der Waals surface area contributed by atoms with Crippen LogP contribution in [0.25, 0.3) is 0 Å². The van der Waals surface area contributed by atoms with Crippen LogP contribution in [-0.4, -0.2) is 23.6 Å². The third kappa shape index (κ3) is 4.23. The highest BCUT2D eigenvalue weighted by molar-refractivity contribution is 5.41. The van der Waals surface area contributed by atoms with Gasteiger partial charge in [-0.25, -0.2) is 4.98 Å². The summed E-state index contributed by atoms with van der Waals surface area (Å²) in [5, 5.41) is 3.33. The zero-order chi connectivity index (χ0) is 14.4. The fraction of sp³-hybridized carbons (Fsp3) is 0.375. The van der Waals surface area contributed by atoms with Gasteiger partial charge < -0.3 is 10.2 Å². The van der Waals surface area contributed by atoms with E-state index in [9.17, 15) is 0 Å². The zero-order valence-corrected chi connectivity index (χ0v) is 12.4. The van der Waals surface area contributed by atoms with Crippen LogP contribution in [0.5, 0.6) is 0 Å². The molecule has 0 unspecified atom stereocenters. The SMILES string of the molecule is CC(C)CNc1ccnc(N(C)Cc2ccccc2)n1. The van der Waals surface area contributed by atoms with Crippen LogP contribution in [0.15, 0.2) is 42.6 Å². The van der Waals surface area contributed by atoms with Crippen LogP contribution in [0, 0.1) is 5.92 Å². The van der Waals surface area contributed by atoms with Crippen LogP contribution in [0.4, 0.5) is 11.8 Å². The fourth-order valence-corrected chi connectivity index (χ4v) is 1.87. The Kier molecular flexibility index (Phi) is 4.93. The van der Waals surface area contributed by atoms with Crippen LogP contribution in [0.2, 0.25) is 0 Å². The minimum absolute atomic E-state index is 0.593.